The molecule has 1 aliphatic rings. The van der Waals surface area contributed by atoms with Crippen LogP contribution >= 0.6 is 0 Å². The smallest absolute Gasteiger partial charge is 0.325 e. The third-order valence-corrected chi connectivity index (χ3v) is 4.05. The van der Waals surface area contributed by atoms with E-state index in [0.29, 0.717) is 37.2 Å². The highest BCUT2D eigenvalue weighted by Crippen LogP contribution is 2.30. The first-order chi connectivity index (χ1) is 10.7. The molecule has 1 aromatic carbocycles. The summed E-state index contributed by atoms with van der Waals surface area (Å²) in [5, 5.41) is 2.61. The maximum atomic E-state index is 13.4. The van der Waals surface area contributed by atoms with Crippen LogP contribution in [0.15, 0.2) is 18.2 Å². The molecular formula is C16H20F4N2O. The number of nitrogens with zero attached hydrogens (tertiary/aromatic N) is 1. The van der Waals surface area contributed by atoms with E-state index in [1.165, 1.54) is 6.07 Å². The van der Waals surface area contributed by atoms with Gasteiger partial charge in [0.25, 0.3) is 0 Å². The van der Waals surface area contributed by atoms with Gasteiger partial charge in [-0.3, -0.25) is 9.69 Å². The SMILES string of the molecule is Cc1ccc(NC(=O)CN2CCC(CC(F)(F)F)CC2)cc1F. The first kappa shape index (κ1) is 17.7. The number of nitrogens with one attached hydrogen (secondary N) is 1. The summed E-state index contributed by atoms with van der Waals surface area (Å²) in [5.74, 6) is -1.04. The number of hydrogen-bond acceptors (Lipinski definition) is 2. The minimum Gasteiger partial charge on any atom is -0.325 e. The van der Waals surface area contributed by atoms with E-state index in [4.69, 9.17) is 0 Å². The fourth-order valence-electron chi connectivity index (χ4n) is 2.75. The quantitative estimate of drug-likeness (QED) is 0.852. The fourth-order valence-corrected chi connectivity index (χ4v) is 2.75. The molecule has 0 bridgehead atoms. The number of amides is 1. The Kier molecular flexibility index (Phi) is 5.62. The van der Waals surface area contributed by atoms with Crippen LogP contribution in [0.2, 0.25) is 0 Å². The molecular weight excluding hydrogens is 312 g/mol. The molecule has 1 fully saturated rings. The molecule has 0 saturated carbocycles. The summed E-state index contributed by atoms with van der Waals surface area (Å²) in [6, 6.07) is 4.45. The van der Waals surface area contributed by atoms with Gasteiger partial charge < -0.3 is 5.32 Å². The number of carbonyl (C=O) groups excluding carboxylic acids is 1. The van der Waals surface area contributed by atoms with Gasteiger partial charge in [-0.15, -0.1) is 0 Å². The summed E-state index contributed by atoms with van der Waals surface area (Å²) in [6.45, 7) is 2.67. The van der Waals surface area contributed by atoms with E-state index < -0.39 is 18.4 Å². The summed E-state index contributed by atoms with van der Waals surface area (Å²) in [4.78, 5) is 13.8. The number of aryl methyl sites for hydroxylation is 1. The van der Waals surface area contributed by atoms with Crippen molar-refractivity contribution in [3.05, 3.63) is 29.6 Å². The maximum absolute atomic E-state index is 13.4. The molecule has 0 radical (unpaired) electrons. The van der Waals surface area contributed by atoms with Crippen molar-refractivity contribution in [2.24, 2.45) is 5.92 Å². The predicted octanol–water partition coefficient (Wildman–Crippen LogP) is 3.74. The predicted molar refractivity (Wildman–Crippen MR) is 79.6 cm³/mol. The molecule has 128 valence electrons. The average molecular weight is 332 g/mol. The first-order valence-electron chi connectivity index (χ1n) is 7.58. The number of halogens is 4. The van der Waals surface area contributed by atoms with Gasteiger partial charge in [0.15, 0.2) is 0 Å². The second-order valence-electron chi connectivity index (χ2n) is 6.05. The van der Waals surface area contributed by atoms with E-state index in [2.05, 4.69) is 5.32 Å². The van der Waals surface area contributed by atoms with E-state index in [1.54, 1.807) is 19.1 Å². The van der Waals surface area contributed by atoms with Crippen molar-refractivity contribution in [3.63, 3.8) is 0 Å². The standard InChI is InChI=1S/C16H20F4N2O/c1-11-2-3-13(8-14(11)17)21-15(23)10-22-6-4-12(5-7-22)9-16(18,19)20/h2-3,8,12H,4-7,9-10H2,1H3,(H,21,23). The van der Waals surface area contributed by atoms with Crippen molar-refractivity contribution in [1.29, 1.82) is 0 Å². The lowest BCUT2D eigenvalue weighted by molar-refractivity contribution is -0.147. The van der Waals surface area contributed by atoms with Gasteiger partial charge in [-0.25, -0.2) is 4.39 Å². The van der Waals surface area contributed by atoms with Gasteiger partial charge in [-0.05, 0) is 56.5 Å². The number of hydrogen-bond donors (Lipinski definition) is 1. The summed E-state index contributed by atoms with van der Waals surface area (Å²) < 4.78 is 50.4. The van der Waals surface area contributed by atoms with E-state index >= 15 is 0 Å². The van der Waals surface area contributed by atoms with Crippen molar-refractivity contribution in [2.75, 3.05) is 25.0 Å². The number of carbonyl (C=O) groups is 1. The second-order valence-corrected chi connectivity index (χ2v) is 6.05. The number of alkyl halides is 3. The highest BCUT2D eigenvalue weighted by atomic mass is 19.4. The van der Waals surface area contributed by atoms with E-state index in [1.807, 2.05) is 4.90 Å². The number of rotatable bonds is 4. The lowest BCUT2D eigenvalue weighted by Crippen LogP contribution is -2.40. The van der Waals surface area contributed by atoms with Crippen molar-refractivity contribution < 1.29 is 22.4 Å². The van der Waals surface area contributed by atoms with Gasteiger partial charge in [0.1, 0.15) is 5.82 Å². The van der Waals surface area contributed by atoms with Crippen LogP contribution in [-0.2, 0) is 4.79 Å². The molecule has 0 atom stereocenters. The zero-order valence-electron chi connectivity index (χ0n) is 12.9. The topological polar surface area (TPSA) is 32.3 Å². The minimum atomic E-state index is -4.13. The van der Waals surface area contributed by atoms with Gasteiger partial charge in [0.2, 0.25) is 5.91 Å². The Labute approximate surface area is 132 Å². The fraction of sp³-hybridized carbons (Fsp3) is 0.562. The van der Waals surface area contributed by atoms with Crippen LogP contribution in [0.3, 0.4) is 0 Å². The minimum absolute atomic E-state index is 0.105. The van der Waals surface area contributed by atoms with Crippen LogP contribution in [0.25, 0.3) is 0 Å². The molecule has 0 aliphatic carbocycles. The van der Waals surface area contributed by atoms with Gasteiger partial charge in [-0.1, -0.05) is 6.07 Å². The van der Waals surface area contributed by atoms with Crippen LogP contribution in [0, 0.1) is 18.7 Å². The van der Waals surface area contributed by atoms with Gasteiger partial charge >= 0.3 is 6.18 Å². The molecule has 1 N–H and O–H groups in total. The molecule has 1 amide bonds. The lowest BCUT2D eigenvalue weighted by Gasteiger charge is -2.31. The van der Waals surface area contributed by atoms with E-state index in [0.717, 1.165) is 0 Å². The summed E-state index contributed by atoms with van der Waals surface area (Å²) in [7, 11) is 0. The van der Waals surface area contributed by atoms with Crippen LogP contribution < -0.4 is 5.32 Å². The zero-order valence-corrected chi connectivity index (χ0v) is 12.9. The Balaban J connectivity index is 1.77. The van der Waals surface area contributed by atoms with Crippen molar-refractivity contribution in [3.8, 4) is 0 Å². The normalized spacial score (nSPS) is 17.3. The molecule has 1 aliphatic heterocycles. The molecule has 1 saturated heterocycles. The Morgan fingerprint density at radius 1 is 1.30 bits per heavy atom. The Morgan fingerprint density at radius 3 is 2.52 bits per heavy atom. The van der Waals surface area contributed by atoms with E-state index in [-0.39, 0.29) is 18.4 Å². The molecule has 1 heterocycles. The molecule has 0 unspecified atom stereocenters. The van der Waals surface area contributed by atoms with Crippen molar-refractivity contribution in [2.45, 2.75) is 32.4 Å². The average Bonchev–Trinajstić information content (AvgIpc) is 2.43. The number of anilines is 1. The monoisotopic (exact) mass is 332 g/mol. The molecule has 3 nitrogen and oxygen atoms in total. The van der Waals surface area contributed by atoms with Crippen LogP contribution in [0.4, 0.5) is 23.2 Å². The second kappa shape index (κ2) is 7.29. The van der Waals surface area contributed by atoms with E-state index in [9.17, 15) is 22.4 Å². The number of piperidine rings is 1. The highest BCUT2D eigenvalue weighted by molar-refractivity contribution is 5.92. The lowest BCUT2D eigenvalue weighted by atomic mass is 9.93. The summed E-state index contributed by atoms with van der Waals surface area (Å²) in [5.41, 5.74) is 0.875. The number of benzene rings is 1. The molecule has 2 rings (SSSR count). The van der Waals surface area contributed by atoms with Crippen LogP contribution in [0.1, 0.15) is 24.8 Å². The van der Waals surface area contributed by atoms with Crippen molar-refractivity contribution in [1.82, 2.24) is 4.90 Å². The molecule has 23 heavy (non-hydrogen) atoms. The largest absolute Gasteiger partial charge is 0.389 e. The van der Waals surface area contributed by atoms with Gasteiger partial charge in [0.05, 0.1) is 6.54 Å². The zero-order chi connectivity index (χ0) is 17.0. The Morgan fingerprint density at radius 2 is 1.96 bits per heavy atom. The maximum Gasteiger partial charge on any atom is 0.389 e. The summed E-state index contributed by atoms with van der Waals surface area (Å²) >= 11 is 0. The molecule has 0 aromatic heterocycles. The summed E-state index contributed by atoms with van der Waals surface area (Å²) in [6.07, 6.45) is -4.01. The molecule has 7 heteroatoms. The Bertz CT molecular complexity index is 552. The number of likely N-dealkylation sites (tertiary alicyclic amines) is 1. The third-order valence-electron chi connectivity index (χ3n) is 4.05. The molecule has 1 aromatic rings. The highest BCUT2D eigenvalue weighted by Gasteiger charge is 2.33. The van der Waals surface area contributed by atoms with Crippen LogP contribution in [-0.4, -0.2) is 36.6 Å². The van der Waals surface area contributed by atoms with Gasteiger partial charge in [-0.2, -0.15) is 13.2 Å². The third kappa shape index (κ3) is 5.82. The van der Waals surface area contributed by atoms with Crippen LogP contribution in [0.5, 0.6) is 0 Å². The Hall–Kier alpha value is -1.63. The first-order valence-corrected chi connectivity index (χ1v) is 7.58. The van der Waals surface area contributed by atoms with Gasteiger partial charge in [0, 0.05) is 12.1 Å². The molecule has 0 spiro atoms. The van der Waals surface area contributed by atoms with Crippen molar-refractivity contribution >= 4 is 11.6 Å².